The van der Waals surface area contributed by atoms with Crippen molar-refractivity contribution in [3.8, 4) is 5.75 Å². The molecule has 6 rings (SSSR count). The maximum atomic E-state index is 14.6. The van der Waals surface area contributed by atoms with Crippen LogP contribution < -0.4 is 15.0 Å². The van der Waals surface area contributed by atoms with Crippen LogP contribution in [0.4, 0.5) is 11.4 Å². The lowest BCUT2D eigenvalue weighted by Crippen LogP contribution is -2.51. The monoisotopic (exact) mass is 506 g/mol. The molecule has 1 amide bonds. The van der Waals surface area contributed by atoms with E-state index in [0.717, 1.165) is 16.8 Å². The van der Waals surface area contributed by atoms with Crippen LogP contribution in [-0.4, -0.2) is 36.7 Å². The zero-order valence-corrected chi connectivity index (χ0v) is 21.9. The molecule has 3 aromatic carbocycles. The molecule has 0 radical (unpaired) electrons. The zero-order valence-electron chi connectivity index (χ0n) is 21.9. The van der Waals surface area contributed by atoms with Gasteiger partial charge >= 0.3 is 0 Å². The summed E-state index contributed by atoms with van der Waals surface area (Å²) in [6.07, 6.45) is 3.95. The number of fused-ring (bicyclic) bond motifs is 6. The molecule has 192 valence electrons. The Morgan fingerprint density at radius 1 is 0.974 bits per heavy atom. The van der Waals surface area contributed by atoms with Gasteiger partial charge in [-0.1, -0.05) is 81.5 Å². The topological polar surface area (TPSA) is 75.7 Å². The van der Waals surface area contributed by atoms with Gasteiger partial charge in [0.2, 0.25) is 5.91 Å². The van der Waals surface area contributed by atoms with Gasteiger partial charge in [0.25, 0.3) is 0 Å². The molecule has 38 heavy (non-hydrogen) atoms. The number of amides is 1. The van der Waals surface area contributed by atoms with Gasteiger partial charge in [-0.2, -0.15) is 0 Å². The molecule has 4 atom stereocenters. The Morgan fingerprint density at radius 2 is 1.68 bits per heavy atom. The molecule has 1 spiro atoms. The highest BCUT2D eigenvalue weighted by Crippen LogP contribution is 2.58. The van der Waals surface area contributed by atoms with Crippen molar-refractivity contribution in [2.45, 2.75) is 38.3 Å². The van der Waals surface area contributed by atoms with Crippen LogP contribution in [-0.2, 0) is 15.0 Å². The summed E-state index contributed by atoms with van der Waals surface area (Å²) in [7, 11) is 1.61. The first-order valence-electron chi connectivity index (χ1n) is 12.9. The standard InChI is InChI=1S/C32H30N2O4/c1-31(2,3)29(36)27-26(28(35)19-10-6-5-7-11-19)32(22-12-8-9-13-23(22)33-30(32)37)25-17-14-20-18-21(38-4)15-16-24(20)34(25)27/h5-18,25-27H,1-4H3,(H,33,37)/t25-,26-,27-,32+/m0/s1. The molecular formula is C32H30N2O4. The van der Waals surface area contributed by atoms with Crippen LogP contribution in [0.15, 0.2) is 78.9 Å². The number of ketones is 2. The average molecular weight is 507 g/mol. The van der Waals surface area contributed by atoms with E-state index < -0.39 is 28.8 Å². The summed E-state index contributed by atoms with van der Waals surface area (Å²) in [6.45, 7) is 5.62. The fourth-order valence-corrected chi connectivity index (χ4v) is 6.51. The fraction of sp³-hybridized carbons (Fsp3) is 0.281. The number of benzene rings is 3. The average Bonchev–Trinajstić information content (AvgIpc) is 3.40. The molecule has 0 saturated carbocycles. The zero-order chi connectivity index (χ0) is 26.8. The number of ether oxygens (including phenoxy) is 1. The lowest BCUT2D eigenvalue weighted by Gasteiger charge is -2.38. The number of hydrogen-bond donors (Lipinski definition) is 1. The number of anilines is 2. The van der Waals surface area contributed by atoms with Gasteiger partial charge < -0.3 is 15.0 Å². The van der Waals surface area contributed by atoms with Gasteiger partial charge in [0.15, 0.2) is 11.6 Å². The normalized spacial score (nSPS) is 25.0. The molecule has 6 nitrogen and oxygen atoms in total. The van der Waals surface area contributed by atoms with Crippen molar-refractivity contribution in [1.82, 2.24) is 0 Å². The maximum absolute atomic E-state index is 14.6. The van der Waals surface area contributed by atoms with Crippen LogP contribution in [0.25, 0.3) is 6.08 Å². The Morgan fingerprint density at radius 3 is 2.39 bits per heavy atom. The number of methoxy groups -OCH3 is 1. The van der Waals surface area contributed by atoms with Crippen LogP contribution in [0, 0.1) is 11.3 Å². The molecule has 0 unspecified atom stereocenters. The summed E-state index contributed by atoms with van der Waals surface area (Å²) in [6, 6.07) is 20.8. The summed E-state index contributed by atoms with van der Waals surface area (Å²) in [5.41, 5.74) is 1.56. The third-order valence-corrected chi connectivity index (χ3v) is 8.19. The highest BCUT2D eigenvalue weighted by Gasteiger charge is 2.70. The van der Waals surface area contributed by atoms with E-state index in [0.29, 0.717) is 17.0 Å². The van der Waals surface area contributed by atoms with Crippen LogP contribution in [0.2, 0.25) is 0 Å². The quantitative estimate of drug-likeness (QED) is 0.487. The molecule has 1 saturated heterocycles. The Balaban J connectivity index is 1.68. The number of carbonyl (C=O) groups excluding carboxylic acids is 3. The van der Waals surface area contributed by atoms with E-state index in [4.69, 9.17) is 4.74 Å². The summed E-state index contributed by atoms with van der Waals surface area (Å²) in [5.74, 6) is -0.794. The molecular weight excluding hydrogens is 476 g/mol. The van der Waals surface area contributed by atoms with E-state index >= 15 is 0 Å². The van der Waals surface area contributed by atoms with E-state index in [1.54, 1.807) is 19.2 Å². The van der Waals surface area contributed by atoms with Crippen LogP contribution in [0.5, 0.6) is 5.75 Å². The van der Waals surface area contributed by atoms with E-state index in [1.807, 2.05) is 98.5 Å². The lowest BCUT2D eigenvalue weighted by atomic mass is 9.63. The van der Waals surface area contributed by atoms with E-state index in [1.165, 1.54) is 0 Å². The SMILES string of the molecule is COc1ccc2c(c1)C=C[C@@H]1N2[C@H](C(=O)C(C)(C)C)[C@@H](C(=O)c2ccccc2)[C@]12C(=O)Nc1ccccc12. The van der Waals surface area contributed by atoms with E-state index in [2.05, 4.69) is 5.32 Å². The number of rotatable bonds is 4. The largest absolute Gasteiger partial charge is 0.497 e. The first-order valence-corrected chi connectivity index (χ1v) is 12.9. The number of nitrogens with zero attached hydrogens (tertiary/aromatic N) is 1. The molecule has 0 bridgehead atoms. The van der Waals surface area contributed by atoms with Gasteiger partial charge in [-0.15, -0.1) is 0 Å². The number of Topliss-reactive ketones (excluding diaryl/α,β-unsaturated/α-hetero) is 2. The first kappa shape index (κ1) is 24.2. The predicted octanol–water partition coefficient (Wildman–Crippen LogP) is 5.28. The van der Waals surface area contributed by atoms with Gasteiger partial charge in [-0.25, -0.2) is 0 Å². The lowest BCUT2D eigenvalue weighted by molar-refractivity contribution is -0.128. The summed E-state index contributed by atoms with van der Waals surface area (Å²) < 4.78 is 5.46. The highest BCUT2D eigenvalue weighted by atomic mass is 16.5. The minimum absolute atomic E-state index is 0.0806. The van der Waals surface area contributed by atoms with Crippen LogP contribution in [0.1, 0.15) is 42.3 Å². The molecule has 3 aromatic rings. The van der Waals surface area contributed by atoms with Crippen LogP contribution >= 0.6 is 0 Å². The molecule has 3 aliphatic rings. The first-order chi connectivity index (χ1) is 18.2. The predicted molar refractivity (Wildman–Crippen MR) is 148 cm³/mol. The van der Waals surface area contributed by atoms with E-state index in [-0.39, 0.29) is 17.5 Å². The van der Waals surface area contributed by atoms with Gasteiger partial charge in [0.05, 0.1) is 19.1 Å². The minimum atomic E-state index is -1.29. The maximum Gasteiger partial charge on any atom is 0.238 e. The van der Waals surface area contributed by atoms with Gasteiger partial charge in [0.1, 0.15) is 17.2 Å². The Kier molecular flexibility index (Phi) is 5.35. The highest BCUT2D eigenvalue weighted by molar-refractivity contribution is 6.17. The van der Waals surface area contributed by atoms with Crippen molar-refractivity contribution >= 4 is 34.9 Å². The van der Waals surface area contributed by atoms with Crippen molar-refractivity contribution < 1.29 is 19.1 Å². The van der Waals surface area contributed by atoms with Crippen molar-refractivity contribution in [2.24, 2.45) is 11.3 Å². The summed E-state index contributed by atoms with van der Waals surface area (Å²) in [4.78, 5) is 45.2. The van der Waals surface area contributed by atoms with Crippen molar-refractivity contribution in [3.63, 3.8) is 0 Å². The molecule has 6 heteroatoms. The van der Waals surface area contributed by atoms with Gasteiger partial charge in [-0.05, 0) is 29.8 Å². The Bertz CT molecular complexity index is 1500. The van der Waals surface area contributed by atoms with E-state index in [9.17, 15) is 14.4 Å². The second kappa shape index (κ2) is 8.42. The smallest absolute Gasteiger partial charge is 0.238 e. The van der Waals surface area contributed by atoms with Gasteiger partial charge in [0, 0.05) is 27.9 Å². The number of hydrogen-bond acceptors (Lipinski definition) is 5. The molecule has 3 aliphatic heterocycles. The Hall–Kier alpha value is -4.19. The van der Waals surface area contributed by atoms with Crippen molar-refractivity contribution in [3.05, 3.63) is 95.6 Å². The minimum Gasteiger partial charge on any atom is -0.497 e. The number of carbonyl (C=O) groups is 3. The van der Waals surface area contributed by atoms with Gasteiger partial charge in [-0.3, -0.25) is 14.4 Å². The van der Waals surface area contributed by atoms with Crippen LogP contribution in [0.3, 0.4) is 0 Å². The number of nitrogens with one attached hydrogen (secondary N) is 1. The third-order valence-electron chi connectivity index (χ3n) is 8.19. The summed E-state index contributed by atoms with van der Waals surface area (Å²) in [5, 5.41) is 3.06. The van der Waals surface area contributed by atoms with Crippen molar-refractivity contribution in [2.75, 3.05) is 17.3 Å². The summed E-state index contributed by atoms with van der Waals surface area (Å²) >= 11 is 0. The third kappa shape index (κ3) is 3.22. The fourth-order valence-electron chi connectivity index (χ4n) is 6.51. The Labute approximate surface area is 222 Å². The second-order valence-corrected chi connectivity index (χ2v) is 11.3. The molecule has 3 heterocycles. The molecule has 0 aromatic heterocycles. The molecule has 1 N–H and O–H groups in total. The second-order valence-electron chi connectivity index (χ2n) is 11.3. The number of para-hydroxylation sites is 1. The molecule has 0 aliphatic carbocycles. The van der Waals surface area contributed by atoms with Crippen molar-refractivity contribution in [1.29, 1.82) is 0 Å². The molecule has 1 fully saturated rings.